The summed E-state index contributed by atoms with van der Waals surface area (Å²) in [4.78, 5) is 15.9. The number of hydrogen-bond donors (Lipinski definition) is 2. The molecule has 1 amide bonds. The maximum Gasteiger partial charge on any atom is 0.245 e. The molecule has 0 atom stereocenters. The third-order valence-corrected chi connectivity index (χ3v) is 3.43. The fourth-order valence-electron chi connectivity index (χ4n) is 2.15. The first-order chi connectivity index (χ1) is 9.26. The Labute approximate surface area is 116 Å². The van der Waals surface area contributed by atoms with Crippen LogP contribution in [0.5, 0.6) is 0 Å². The van der Waals surface area contributed by atoms with Crippen LogP contribution >= 0.6 is 0 Å². The van der Waals surface area contributed by atoms with Crippen molar-refractivity contribution in [3.8, 4) is 0 Å². The molecule has 1 saturated heterocycles. The van der Waals surface area contributed by atoms with Crippen LogP contribution in [0.2, 0.25) is 0 Å². The van der Waals surface area contributed by atoms with Gasteiger partial charge in [-0.1, -0.05) is 0 Å². The first-order valence-electron chi connectivity index (χ1n) is 7.14. The van der Waals surface area contributed by atoms with E-state index in [0.29, 0.717) is 6.61 Å². The summed E-state index contributed by atoms with van der Waals surface area (Å²) in [5.41, 5.74) is 0. The van der Waals surface area contributed by atoms with Gasteiger partial charge in [-0.25, -0.2) is 0 Å². The highest BCUT2D eigenvalue weighted by atomic mass is 16.5. The van der Waals surface area contributed by atoms with Crippen LogP contribution in [-0.4, -0.2) is 88.8 Å². The van der Waals surface area contributed by atoms with E-state index in [1.54, 1.807) is 7.05 Å². The average molecular weight is 272 g/mol. The van der Waals surface area contributed by atoms with Crippen LogP contribution in [0, 0.1) is 0 Å². The normalized spacial score (nSPS) is 17.6. The number of piperazine rings is 1. The van der Waals surface area contributed by atoms with E-state index in [2.05, 4.69) is 20.4 Å². The van der Waals surface area contributed by atoms with Gasteiger partial charge in [0.2, 0.25) is 5.91 Å². The number of ether oxygens (including phenoxy) is 1. The molecule has 1 heterocycles. The van der Waals surface area contributed by atoms with Crippen molar-refractivity contribution in [2.45, 2.75) is 6.42 Å². The number of carbonyl (C=O) groups excluding carboxylic acids is 1. The highest BCUT2D eigenvalue weighted by Gasteiger charge is 2.15. The Morgan fingerprint density at radius 3 is 2.32 bits per heavy atom. The Balaban J connectivity index is 1.99. The van der Waals surface area contributed by atoms with Gasteiger partial charge < -0.3 is 20.3 Å². The van der Waals surface area contributed by atoms with Crippen molar-refractivity contribution in [1.29, 1.82) is 0 Å². The van der Waals surface area contributed by atoms with Crippen LogP contribution in [0.15, 0.2) is 0 Å². The molecule has 0 aliphatic carbocycles. The van der Waals surface area contributed by atoms with Crippen LogP contribution in [0.1, 0.15) is 6.42 Å². The largest absolute Gasteiger partial charge is 0.370 e. The van der Waals surface area contributed by atoms with Gasteiger partial charge >= 0.3 is 0 Å². The molecule has 0 unspecified atom stereocenters. The summed E-state index contributed by atoms with van der Waals surface area (Å²) in [6.07, 6.45) is 1.21. The molecular weight excluding hydrogens is 244 g/mol. The third kappa shape index (κ3) is 7.47. The number of rotatable bonds is 9. The number of nitrogens with one attached hydrogen (secondary N) is 2. The standard InChI is InChI=1S/C13H28N4O2/c1-14-4-3-5-16-6-8-17(9-7-16)10-11-19-12-13(18)15-2/h14H,3-12H2,1-2H3,(H,15,18). The van der Waals surface area contributed by atoms with E-state index < -0.39 is 0 Å². The van der Waals surface area contributed by atoms with Crippen molar-refractivity contribution in [3.05, 3.63) is 0 Å². The molecule has 6 nitrogen and oxygen atoms in total. The summed E-state index contributed by atoms with van der Waals surface area (Å²) in [7, 11) is 3.62. The minimum Gasteiger partial charge on any atom is -0.370 e. The van der Waals surface area contributed by atoms with Gasteiger partial charge in [-0.3, -0.25) is 9.69 Å². The smallest absolute Gasteiger partial charge is 0.245 e. The zero-order chi connectivity index (χ0) is 13.9. The second kappa shape index (κ2) is 10.1. The number of likely N-dealkylation sites (N-methyl/N-ethyl adjacent to an activating group) is 1. The first-order valence-corrected chi connectivity index (χ1v) is 7.14. The van der Waals surface area contributed by atoms with E-state index >= 15 is 0 Å². The second-order valence-corrected chi connectivity index (χ2v) is 4.87. The van der Waals surface area contributed by atoms with E-state index in [9.17, 15) is 4.79 Å². The molecule has 2 N–H and O–H groups in total. The molecule has 0 bridgehead atoms. The van der Waals surface area contributed by atoms with Crippen molar-refractivity contribution in [2.75, 3.05) is 73.1 Å². The van der Waals surface area contributed by atoms with Crippen molar-refractivity contribution in [3.63, 3.8) is 0 Å². The van der Waals surface area contributed by atoms with Crippen molar-refractivity contribution in [1.82, 2.24) is 20.4 Å². The summed E-state index contributed by atoms with van der Waals surface area (Å²) in [5.74, 6) is -0.0608. The van der Waals surface area contributed by atoms with Crippen LogP contribution < -0.4 is 10.6 Å². The third-order valence-electron chi connectivity index (χ3n) is 3.43. The van der Waals surface area contributed by atoms with E-state index in [-0.39, 0.29) is 12.5 Å². The highest BCUT2D eigenvalue weighted by molar-refractivity contribution is 5.76. The molecule has 1 aliphatic heterocycles. The molecule has 0 saturated carbocycles. The van der Waals surface area contributed by atoms with Crippen molar-refractivity contribution >= 4 is 5.91 Å². The van der Waals surface area contributed by atoms with Crippen LogP contribution in [-0.2, 0) is 9.53 Å². The summed E-state index contributed by atoms with van der Waals surface area (Å²) in [6, 6.07) is 0. The zero-order valence-electron chi connectivity index (χ0n) is 12.3. The number of amides is 1. The first kappa shape index (κ1) is 16.4. The van der Waals surface area contributed by atoms with Gasteiger partial charge in [0.15, 0.2) is 0 Å². The van der Waals surface area contributed by atoms with Crippen LogP contribution in [0.3, 0.4) is 0 Å². The van der Waals surface area contributed by atoms with E-state index in [1.807, 2.05) is 7.05 Å². The van der Waals surface area contributed by atoms with E-state index in [1.165, 1.54) is 13.0 Å². The lowest BCUT2D eigenvalue weighted by atomic mass is 10.3. The van der Waals surface area contributed by atoms with Gasteiger partial charge in [0.1, 0.15) is 6.61 Å². The molecule has 1 fully saturated rings. The maximum atomic E-state index is 11.0. The predicted molar refractivity (Wildman–Crippen MR) is 76.3 cm³/mol. The topological polar surface area (TPSA) is 56.8 Å². The number of nitrogens with zero attached hydrogens (tertiary/aromatic N) is 2. The molecule has 0 aromatic rings. The summed E-state index contributed by atoms with van der Waals surface area (Å²) in [6.45, 7) is 8.47. The van der Waals surface area contributed by atoms with E-state index in [0.717, 1.165) is 39.3 Å². The molecule has 0 spiro atoms. The van der Waals surface area contributed by atoms with Crippen LogP contribution in [0.4, 0.5) is 0 Å². The Kier molecular flexibility index (Phi) is 8.73. The summed E-state index contributed by atoms with van der Waals surface area (Å²) < 4.78 is 5.32. The SMILES string of the molecule is CNCCCN1CCN(CCOCC(=O)NC)CC1. The zero-order valence-corrected chi connectivity index (χ0v) is 12.3. The molecule has 1 aliphatic rings. The van der Waals surface area contributed by atoms with Crippen LogP contribution in [0.25, 0.3) is 0 Å². The van der Waals surface area contributed by atoms with Gasteiger partial charge in [-0.15, -0.1) is 0 Å². The average Bonchev–Trinajstić information content (AvgIpc) is 2.45. The fourth-order valence-corrected chi connectivity index (χ4v) is 2.15. The molecule has 0 aromatic heterocycles. The number of carbonyl (C=O) groups is 1. The highest BCUT2D eigenvalue weighted by Crippen LogP contribution is 2.02. The monoisotopic (exact) mass is 272 g/mol. The Bertz CT molecular complexity index is 243. The molecule has 0 aromatic carbocycles. The fraction of sp³-hybridized carbons (Fsp3) is 0.923. The Hall–Kier alpha value is -0.690. The molecule has 6 heteroatoms. The van der Waals surface area contributed by atoms with Gasteiger partial charge in [0.05, 0.1) is 6.61 Å². The lowest BCUT2D eigenvalue weighted by molar-refractivity contribution is -0.125. The predicted octanol–water partition coefficient (Wildman–Crippen LogP) is -1.02. The lowest BCUT2D eigenvalue weighted by Gasteiger charge is -2.34. The van der Waals surface area contributed by atoms with Gasteiger partial charge in [-0.05, 0) is 26.6 Å². The molecule has 0 radical (unpaired) electrons. The van der Waals surface area contributed by atoms with Crippen molar-refractivity contribution in [2.24, 2.45) is 0 Å². The summed E-state index contributed by atoms with van der Waals surface area (Å²) in [5, 5.41) is 5.72. The number of hydrogen-bond acceptors (Lipinski definition) is 5. The molecule has 112 valence electrons. The lowest BCUT2D eigenvalue weighted by Crippen LogP contribution is -2.47. The van der Waals surface area contributed by atoms with E-state index in [4.69, 9.17) is 4.74 Å². The van der Waals surface area contributed by atoms with Gasteiger partial charge in [0.25, 0.3) is 0 Å². The summed E-state index contributed by atoms with van der Waals surface area (Å²) >= 11 is 0. The van der Waals surface area contributed by atoms with Crippen molar-refractivity contribution < 1.29 is 9.53 Å². The van der Waals surface area contributed by atoms with Gasteiger partial charge in [0, 0.05) is 39.8 Å². The van der Waals surface area contributed by atoms with Gasteiger partial charge in [-0.2, -0.15) is 0 Å². The second-order valence-electron chi connectivity index (χ2n) is 4.87. The Morgan fingerprint density at radius 2 is 1.74 bits per heavy atom. The molecule has 1 rings (SSSR count). The Morgan fingerprint density at radius 1 is 1.11 bits per heavy atom. The minimum absolute atomic E-state index is 0.0608. The molecule has 19 heavy (non-hydrogen) atoms. The maximum absolute atomic E-state index is 11.0. The molecular formula is C13H28N4O2. The quantitative estimate of drug-likeness (QED) is 0.526. The minimum atomic E-state index is -0.0608.